The van der Waals surface area contributed by atoms with Gasteiger partial charge in [-0.15, -0.1) is 0 Å². The van der Waals surface area contributed by atoms with Crippen LogP contribution in [0.1, 0.15) is 105 Å². The van der Waals surface area contributed by atoms with E-state index in [4.69, 9.17) is 0 Å². The third-order valence-electron chi connectivity index (χ3n) is 4.35. The van der Waals surface area contributed by atoms with Crippen LogP contribution in [0.4, 0.5) is 0 Å². The van der Waals surface area contributed by atoms with Gasteiger partial charge < -0.3 is 5.11 Å². The molecule has 0 saturated heterocycles. The van der Waals surface area contributed by atoms with E-state index in [0.29, 0.717) is 5.92 Å². The molecular weight excluding hydrogens is 232 g/mol. The van der Waals surface area contributed by atoms with Gasteiger partial charge in [0.05, 0.1) is 5.60 Å². The van der Waals surface area contributed by atoms with Crippen LogP contribution in [-0.4, -0.2) is 10.7 Å². The summed E-state index contributed by atoms with van der Waals surface area (Å²) in [5.74, 6) is 0.666. The smallest absolute Gasteiger partial charge is 0.0619 e. The van der Waals surface area contributed by atoms with Crippen LogP contribution < -0.4 is 0 Å². The maximum absolute atomic E-state index is 10.0. The lowest BCUT2D eigenvalue weighted by Gasteiger charge is -2.25. The van der Waals surface area contributed by atoms with Crippen molar-refractivity contribution < 1.29 is 5.11 Å². The van der Waals surface area contributed by atoms with E-state index in [1.807, 2.05) is 6.92 Å². The highest BCUT2D eigenvalue weighted by atomic mass is 16.3. The molecule has 0 amide bonds. The van der Waals surface area contributed by atoms with Crippen molar-refractivity contribution in [1.29, 1.82) is 0 Å². The summed E-state index contributed by atoms with van der Waals surface area (Å²) in [5.41, 5.74) is -0.446. The van der Waals surface area contributed by atoms with Gasteiger partial charge in [-0.05, 0) is 25.7 Å². The molecule has 2 unspecified atom stereocenters. The summed E-state index contributed by atoms with van der Waals surface area (Å²) >= 11 is 0. The molecule has 116 valence electrons. The fourth-order valence-electron chi connectivity index (χ4n) is 2.80. The first kappa shape index (κ1) is 19.0. The van der Waals surface area contributed by atoms with Gasteiger partial charge in [-0.1, -0.05) is 85.0 Å². The van der Waals surface area contributed by atoms with Crippen LogP contribution in [0.15, 0.2) is 0 Å². The third-order valence-corrected chi connectivity index (χ3v) is 4.35. The molecule has 1 N–H and O–H groups in total. The van der Waals surface area contributed by atoms with Crippen LogP contribution in [0.5, 0.6) is 0 Å². The summed E-state index contributed by atoms with van der Waals surface area (Å²) in [5, 5.41) is 10.0. The molecule has 1 nitrogen and oxygen atoms in total. The summed E-state index contributed by atoms with van der Waals surface area (Å²) < 4.78 is 0. The second-order valence-electron chi connectivity index (χ2n) is 6.78. The fourth-order valence-corrected chi connectivity index (χ4v) is 2.80. The van der Waals surface area contributed by atoms with Crippen molar-refractivity contribution in [3.05, 3.63) is 0 Å². The molecule has 0 heterocycles. The fraction of sp³-hybridized carbons (Fsp3) is 1.00. The third kappa shape index (κ3) is 12.7. The molecule has 0 saturated carbocycles. The van der Waals surface area contributed by atoms with Crippen molar-refractivity contribution in [2.45, 2.75) is 110 Å². The first-order valence-electron chi connectivity index (χ1n) is 8.74. The summed E-state index contributed by atoms with van der Waals surface area (Å²) in [6.45, 7) is 8.61. The van der Waals surface area contributed by atoms with Crippen LogP contribution in [0, 0.1) is 5.92 Å². The number of hydrogen-bond donors (Lipinski definition) is 1. The van der Waals surface area contributed by atoms with Gasteiger partial charge in [-0.3, -0.25) is 0 Å². The molecular formula is C18H38O. The molecule has 2 atom stereocenters. The van der Waals surface area contributed by atoms with Crippen molar-refractivity contribution in [2.75, 3.05) is 0 Å². The maximum Gasteiger partial charge on any atom is 0.0619 e. The van der Waals surface area contributed by atoms with Gasteiger partial charge in [0, 0.05) is 0 Å². The second kappa shape index (κ2) is 11.8. The normalized spacial score (nSPS) is 16.3. The Kier molecular flexibility index (Phi) is 11.7. The minimum Gasteiger partial charge on any atom is -0.390 e. The van der Waals surface area contributed by atoms with Gasteiger partial charge in [0.1, 0.15) is 0 Å². The quantitative estimate of drug-likeness (QED) is 0.401. The Balaban J connectivity index is 3.30. The van der Waals surface area contributed by atoms with Crippen molar-refractivity contribution in [2.24, 2.45) is 5.92 Å². The standard InChI is InChI=1S/C18H38O/c1-5-7-8-9-10-11-12-13-14-15-17(3)16-18(4,19)6-2/h17,19H,5-16H2,1-4H3. The predicted octanol–water partition coefficient (Wildman–Crippen LogP) is 6.09. The Bertz CT molecular complexity index is 186. The Morgan fingerprint density at radius 3 is 1.79 bits per heavy atom. The van der Waals surface area contributed by atoms with Crippen LogP contribution in [0.2, 0.25) is 0 Å². The van der Waals surface area contributed by atoms with Gasteiger partial charge in [-0.2, -0.15) is 0 Å². The molecule has 0 aromatic carbocycles. The zero-order valence-corrected chi connectivity index (χ0v) is 14.0. The Morgan fingerprint density at radius 2 is 1.32 bits per heavy atom. The first-order chi connectivity index (χ1) is 9.02. The molecule has 19 heavy (non-hydrogen) atoms. The van der Waals surface area contributed by atoms with Crippen LogP contribution in [-0.2, 0) is 0 Å². The molecule has 0 fully saturated rings. The average molecular weight is 271 g/mol. The van der Waals surface area contributed by atoms with Gasteiger partial charge in [0.2, 0.25) is 0 Å². The zero-order chi connectivity index (χ0) is 14.6. The topological polar surface area (TPSA) is 20.2 Å². The van der Waals surface area contributed by atoms with E-state index in [1.165, 1.54) is 64.2 Å². The Morgan fingerprint density at radius 1 is 0.842 bits per heavy atom. The lowest BCUT2D eigenvalue weighted by molar-refractivity contribution is 0.0309. The number of rotatable bonds is 13. The van der Waals surface area contributed by atoms with Crippen molar-refractivity contribution in [3.63, 3.8) is 0 Å². The van der Waals surface area contributed by atoms with Crippen molar-refractivity contribution >= 4 is 0 Å². The highest BCUT2D eigenvalue weighted by molar-refractivity contribution is 4.73. The Hall–Kier alpha value is -0.0400. The van der Waals surface area contributed by atoms with Gasteiger partial charge in [-0.25, -0.2) is 0 Å². The molecule has 0 aliphatic heterocycles. The van der Waals surface area contributed by atoms with Crippen molar-refractivity contribution in [3.8, 4) is 0 Å². The minimum absolute atomic E-state index is 0.446. The molecule has 0 spiro atoms. The summed E-state index contributed by atoms with van der Waals surface area (Å²) in [6.07, 6.45) is 15.7. The van der Waals surface area contributed by atoms with Crippen LogP contribution in [0.3, 0.4) is 0 Å². The largest absolute Gasteiger partial charge is 0.390 e. The molecule has 0 aromatic rings. The predicted molar refractivity (Wildman–Crippen MR) is 86.5 cm³/mol. The van der Waals surface area contributed by atoms with Crippen LogP contribution in [0.25, 0.3) is 0 Å². The van der Waals surface area contributed by atoms with E-state index in [0.717, 1.165) is 12.8 Å². The molecule has 0 rings (SSSR count). The molecule has 0 aliphatic rings. The van der Waals surface area contributed by atoms with E-state index >= 15 is 0 Å². The van der Waals surface area contributed by atoms with Crippen LogP contribution >= 0.6 is 0 Å². The molecule has 1 heteroatoms. The number of unbranched alkanes of at least 4 members (excludes halogenated alkanes) is 8. The van der Waals surface area contributed by atoms with Gasteiger partial charge >= 0.3 is 0 Å². The summed E-state index contributed by atoms with van der Waals surface area (Å²) in [7, 11) is 0. The Labute approximate surface area is 122 Å². The molecule has 0 aromatic heterocycles. The lowest BCUT2D eigenvalue weighted by atomic mass is 9.88. The van der Waals surface area contributed by atoms with Gasteiger partial charge in [0.15, 0.2) is 0 Å². The zero-order valence-electron chi connectivity index (χ0n) is 14.0. The first-order valence-corrected chi connectivity index (χ1v) is 8.74. The highest BCUT2D eigenvalue weighted by Gasteiger charge is 2.20. The average Bonchev–Trinajstić information content (AvgIpc) is 2.36. The SMILES string of the molecule is CCCCCCCCCCCC(C)CC(C)(O)CC. The summed E-state index contributed by atoms with van der Waals surface area (Å²) in [6, 6.07) is 0. The van der Waals surface area contributed by atoms with Gasteiger partial charge in [0.25, 0.3) is 0 Å². The number of hydrogen-bond acceptors (Lipinski definition) is 1. The maximum atomic E-state index is 10.0. The molecule has 0 aliphatic carbocycles. The summed E-state index contributed by atoms with van der Waals surface area (Å²) in [4.78, 5) is 0. The number of aliphatic hydroxyl groups is 1. The van der Waals surface area contributed by atoms with E-state index in [-0.39, 0.29) is 0 Å². The highest BCUT2D eigenvalue weighted by Crippen LogP contribution is 2.24. The van der Waals surface area contributed by atoms with Crippen molar-refractivity contribution in [1.82, 2.24) is 0 Å². The minimum atomic E-state index is -0.446. The molecule has 0 bridgehead atoms. The molecule has 0 radical (unpaired) electrons. The van der Waals surface area contributed by atoms with E-state index in [1.54, 1.807) is 0 Å². The lowest BCUT2D eigenvalue weighted by Crippen LogP contribution is -2.25. The van der Waals surface area contributed by atoms with E-state index < -0.39 is 5.60 Å². The van der Waals surface area contributed by atoms with E-state index in [2.05, 4.69) is 20.8 Å². The second-order valence-corrected chi connectivity index (χ2v) is 6.78. The van der Waals surface area contributed by atoms with E-state index in [9.17, 15) is 5.11 Å². The monoisotopic (exact) mass is 270 g/mol.